The fourth-order valence-electron chi connectivity index (χ4n) is 0.898. The lowest BCUT2D eigenvalue weighted by molar-refractivity contribution is -0.137. The van der Waals surface area contributed by atoms with Gasteiger partial charge in [-0.1, -0.05) is 0 Å². The molecule has 0 fully saturated rings. The molecule has 0 heterocycles. The molecule has 0 bridgehead atoms. The molecule has 1 aromatic rings. The van der Waals surface area contributed by atoms with E-state index in [9.17, 15) is 13.6 Å². The second-order valence-corrected chi connectivity index (χ2v) is 2.83. The van der Waals surface area contributed by atoms with Crippen molar-refractivity contribution in [1.29, 1.82) is 0 Å². The van der Waals surface area contributed by atoms with Crippen molar-refractivity contribution in [3.05, 3.63) is 29.8 Å². The Labute approximate surface area is 79.4 Å². The van der Waals surface area contributed by atoms with E-state index in [1.807, 2.05) is 0 Å². The van der Waals surface area contributed by atoms with Gasteiger partial charge in [0.25, 0.3) is 0 Å². The lowest BCUT2D eigenvalue weighted by Crippen LogP contribution is -2.25. The molecule has 1 rings (SSSR count). The molecule has 76 valence electrons. The van der Waals surface area contributed by atoms with Crippen molar-refractivity contribution in [3.63, 3.8) is 0 Å². The lowest BCUT2D eigenvalue weighted by Gasteiger charge is -2.10. The van der Waals surface area contributed by atoms with Crippen LogP contribution in [0.3, 0.4) is 0 Å². The van der Waals surface area contributed by atoms with Crippen LogP contribution in [0.5, 0.6) is 0 Å². The van der Waals surface area contributed by atoms with Gasteiger partial charge in [0.05, 0.1) is 0 Å². The molecule has 0 radical (unpaired) electrons. The van der Waals surface area contributed by atoms with Crippen molar-refractivity contribution < 1.29 is 18.7 Å². The maximum atomic E-state index is 12.7. The zero-order valence-corrected chi connectivity index (χ0v) is 7.42. The SMILES string of the molecule is C[C@H](Nc1ccc(F)c(F)c1)C(=O)O. The molecular weight excluding hydrogens is 192 g/mol. The molecule has 1 aromatic carbocycles. The minimum atomic E-state index is -1.06. The first-order chi connectivity index (χ1) is 6.50. The number of hydrogen-bond acceptors (Lipinski definition) is 2. The van der Waals surface area contributed by atoms with Gasteiger partial charge in [-0.25, -0.2) is 8.78 Å². The Bertz CT molecular complexity index is 355. The highest BCUT2D eigenvalue weighted by atomic mass is 19.2. The number of carbonyl (C=O) groups is 1. The number of rotatable bonds is 3. The molecule has 0 unspecified atom stereocenters. The highest BCUT2D eigenvalue weighted by molar-refractivity contribution is 5.76. The Morgan fingerprint density at radius 1 is 1.43 bits per heavy atom. The Kier molecular flexibility index (Phi) is 3.01. The van der Waals surface area contributed by atoms with Crippen LogP contribution in [-0.2, 0) is 4.79 Å². The third-order valence-corrected chi connectivity index (χ3v) is 1.67. The fraction of sp³-hybridized carbons (Fsp3) is 0.222. The van der Waals surface area contributed by atoms with Crippen LogP contribution in [0, 0.1) is 11.6 Å². The van der Waals surface area contributed by atoms with E-state index in [0.717, 1.165) is 12.1 Å². The van der Waals surface area contributed by atoms with Crippen molar-refractivity contribution in [2.45, 2.75) is 13.0 Å². The molecule has 0 aliphatic rings. The summed E-state index contributed by atoms with van der Waals surface area (Å²) < 4.78 is 25.1. The molecule has 0 aliphatic carbocycles. The van der Waals surface area contributed by atoms with Crippen LogP contribution in [0.2, 0.25) is 0 Å². The van der Waals surface area contributed by atoms with E-state index in [2.05, 4.69) is 5.32 Å². The van der Waals surface area contributed by atoms with Crippen molar-refractivity contribution in [2.75, 3.05) is 5.32 Å². The average Bonchev–Trinajstić information content (AvgIpc) is 2.11. The third-order valence-electron chi connectivity index (χ3n) is 1.67. The Hall–Kier alpha value is -1.65. The first-order valence-electron chi connectivity index (χ1n) is 3.95. The maximum absolute atomic E-state index is 12.7. The summed E-state index contributed by atoms with van der Waals surface area (Å²) in [6.45, 7) is 1.41. The summed E-state index contributed by atoms with van der Waals surface area (Å²) in [5, 5.41) is 11.0. The molecule has 1 atom stereocenters. The van der Waals surface area contributed by atoms with E-state index in [0.29, 0.717) is 0 Å². The van der Waals surface area contributed by atoms with Crippen molar-refractivity contribution in [3.8, 4) is 0 Å². The Morgan fingerprint density at radius 2 is 2.07 bits per heavy atom. The number of anilines is 1. The van der Waals surface area contributed by atoms with Crippen molar-refractivity contribution >= 4 is 11.7 Å². The van der Waals surface area contributed by atoms with Crippen LogP contribution in [0.15, 0.2) is 18.2 Å². The number of halogens is 2. The predicted molar refractivity (Wildman–Crippen MR) is 47.1 cm³/mol. The maximum Gasteiger partial charge on any atom is 0.325 e. The quantitative estimate of drug-likeness (QED) is 0.784. The van der Waals surface area contributed by atoms with Crippen LogP contribution in [0.1, 0.15) is 6.92 Å². The molecule has 14 heavy (non-hydrogen) atoms. The topological polar surface area (TPSA) is 49.3 Å². The first kappa shape index (κ1) is 10.4. The second kappa shape index (κ2) is 4.04. The average molecular weight is 201 g/mol. The van der Waals surface area contributed by atoms with Crippen molar-refractivity contribution in [2.24, 2.45) is 0 Å². The fourth-order valence-corrected chi connectivity index (χ4v) is 0.898. The minimum Gasteiger partial charge on any atom is -0.480 e. The molecule has 0 aromatic heterocycles. The molecule has 0 amide bonds. The Balaban J connectivity index is 2.78. The molecule has 5 heteroatoms. The first-order valence-corrected chi connectivity index (χ1v) is 3.95. The molecule has 0 spiro atoms. The van der Waals surface area contributed by atoms with E-state index < -0.39 is 23.6 Å². The summed E-state index contributed by atoms with van der Waals surface area (Å²) in [6.07, 6.45) is 0. The zero-order valence-electron chi connectivity index (χ0n) is 7.42. The van der Waals surface area contributed by atoms with Gasteiger partial charge in [-0.2, -0.15) is 0 Å². The summed E-state index contributed by atoms with van der Waals surface area (Å²) >= 11 is 0. The van der Waals surface area contributed by atoms with Gasteiger partial charge in [-0.15, -0.1) is 0 Å². The van der Waals surface area contributed by atoms with Gasteiger partial charge in [-0.3, -0.25) is 4.79 Å². The van der Waals surface area contributed by atoms with Gasteiger partial charge in [0.15, 0.2) is 11.6 Å². The van der Waals surface area contributed by atoms with Crippen molar-refractivity contribution in [1.82, 2.24) is 0 Å². The molecule has 0 aliphatic heterocycles. The van der Waals surface area contributed by atoms with E-state index in [4.69, 9.17) is 5.11 Å². The molecule has 0 saturated carbocycles. The molecular formula is C9H9F2NO2. The zero-order chi connectivity index (χ0) is 10.7. The van der Waals surface area contributed by atoms with Crippen LogP contribution in [0.4, 0.5) is 14.5 Å². The van der Waals surface area contributed by atoms with Gasteiger partial charge in [0.2, 0.25) is 0 Å². The second-order valence-electron chi connectivity index (χ2n) is 2.83. The summed E-state index contributed by atoms with van der Waals surface area (Å²) in [5.41, 5.74) is 0.235. The number of aliphatic carboxylic acids is 1. The molecule has 3 nitrogen and oxygen atoms in total. The van der Waals surface area contributed by atoms with E-state index in [-0.39, 0.29) is 5.69 Å². The summed E-state index contributed by atoms with van der Waals surface area (Å²) in [7, 11) is 0. The third kappa shape index (κ3) is 2.42. The normalized spacial score (nSPS) is 12.2. The number of hydrogen-bond donors (Lipinski definition) is 2. The van der Waals surface area contributed by atoms with Gasteiger partial charge >= 0.3 is 5.97 Å². The molecule has 2 N–H and O–H groups in total. The smallest absolute Gasteiger partial charge is 0.325 e. The van der Waals surface area contributed by atoms with Gasteiger partial charge in [0.1, 0.15) is 6.04 Å². The van der Waals surface area contributed by atoms with Crippen LogP contribution < -0.4 is 5.32 Å². The number of carboxylic acid groups (broad SMARTS) is 1. The monoisotopic (exact) mass is 201 g/mol. The van der Waals surface area contributed by atoms with Crippen LogP contribution >= 0.6 is 0 Å². The minimum absolute atomic E-state index is 0.235. The number of carboxylic acids is 1. The van der Waals surface area contributed by atoms with Crippen LogP contribution in [0.25, 0.3) is 0 Å². The highest BCUT2D eigenvalue weighted by Gasteiger charge is 2.11. The largest absolute Gasteiger partial charge is 0.480 e. The van der Waals surface area contributed by atoms with Gasteiger partial charge in [-0.05, 0) is 19.1 Å². The van der Waals surface area contributed by atoms with Gasteiger partial charge in [0, 0.05) is 11.8 Å². The summed E-state index contributed by atoms with van der Waals surface area (Å²) in [5.74, 6) is -3.03. The summed E-state index contributed by atoms with van der Waals surface area (Å²) in [6, 6.07) is 2.28. The van der Waals surface area contributed by atoms with E-state index in [1.54, 1.807) is 0 Å². The van der Waals surface area contributed by atoms with Crippen LogP contribution in [-0.4, -0.2) is 17.1 Å². The predicted octanol–water partition coefficient (Wildman–Crippen LogP) is 1.85. The number of benzene rings is 1. The standard InChI is InChI=1S/C9H9F2NO2/c1-5(9(13)14)12-6-2-3-7(10)8(11)4-6/h2-5,12H,1H3,(H,13,14)/t5-/m0/s1. The number of nitrogens with one attached hydrogen (secondary N) is 1. The highest BCUT2D eigenvalue weighted by Crippen LogP contribution is 2.13. The lowest BCUT2D eigenvalue weighted by atomic mass is 10.2. The van der Waals surface area contributed by atoms with E-state index in [1.165, 1.54) is 13.0 Å². The van der Waals surface area contributed by atoms with E-state index >= 15 is 0 Å². The molecule has 0 saturated heterocycles. The van der Waals surface area contributed by atoms with Gasteiger partial charge < -0.3 is 10.4 Å². The summed E-state index contributed by atoms with van der Waals surface area (Å²) in [4.78, 5) is 10.4. The Morgan fingerprint density at radius 3 is 2.57 bits per heavy atom.